The maximum atomic E-state index is 4.70. The van der Waals surface area contributed by atoms with Crippen LogP contribution in [0.3, 0.4) is 0 Å². The van der Waals surface area contributed by atoms with Crippen LogP contribution in [-0.2, 0) is 12.7 Å². The first-order valence-electron chi connectivity index (χ1n) is 6.41. The zero-order chi connectivity index (χ0) is 14.6. The SMILES string of the molecule is [CH2-]CCC[PH+](c1ccccc1)c1ccccc1.[Cl][Ni+][Cl]. The van der Waals surface area contributed by atoms with Crippen LogP contribution >= 0.6 is 28.3 Å². The Morgan fingerprint density at radius 3 is 1.60 bits per heavy atom. The molecule has 0 fully saturated rings. The Kier molecular flexibility index (Phi) is 10.4. The van der Waals surface area contributed by atoms with Crippen molar-refractivity contribution in [3.05, 3.63) is 67.6 Å². The molecule has 0 aromatic heterocycles. The molecule has 0 aliphatic carbocycles. The molecule has 0 nitrogen and oxygen atoms in total. The van der Waals surface area contributed by atoms with Crippen LogP contribution in [0.1, 0.15) is 12.8 Å². The van der Waals surface area contributed by atoms with E-state index < -0.39 is 7.92 Å². The molecule has 2 rings (SSSR count). The second-order valence-corrected chi connectivity index (χ2v) is 8.46. The minimum absolute atomic E-state index is 0.569. The molecule has 0 saturated heterocycles. The first-order valence-corrected chi connectivity index (χ1v) is 10.8. The Labute approximate surface area is 138 Å². The van der Waals surface area contributed by atoms with Gasteiger partial charge in [0, 0.05) is 0 Å². The van der Waals surface area contributed by atoms with Gasteiger partial charge >= 0.3 is 33.0 Å². The van der Waals surface area contributed by atoms with E-state index in [2.05, 4.69) is 67.6 Å². The van der Waals surface area contributed by atoms with Gasteiger partial charge < -0.3 is 6.92 Å². The fourth-order valence-corrected chi connectivity index (χ4v) is 4.74. The molecule has 0 atom stereocenters. The summed E-state index contributed by atoms with van der Waals surface area (Å²) in [7, 11) is 8.80. The Bertz CT molecular complexity index is 411. The van der Waals surface area contributed by atoms with E-state index in [1.807, 2.05) is 0 Å². The van der Waals surface area contributed by atoms with Gasteiger partial charge in [0.05, 0.1) is 24.7 Å². The van der Waals surface area contributed by atoms with Crippen molar-refractivity contribution < 1.29 is 12.7 Å². The Balaban J connectivity index is 0.000000612. The van der Waals surface area contributed by atoms with E-state index in [9.17, 15) is 0 Å². The first kappa shape index (κ1) is 18.0. The van der Waals surface area contributed by atoms with E-state index >= 15 is 0 Å². The molecule has 0 aliphatic rings. The summed E-state index contributed by atoms with van der Waals surface area (Å²) in [5.41, 5.74) is 0. The van der Waals surface area contributed by atoms with Crippen LogP contribution in [0.15, 0.2) is 60.7 Å². The van der Waals surface area contributed by atoms with Crippen molar-refractivity contribution in [1.29, 1.82) is 0 Å². The second kappa shape index (κ2) is 11.6. The molecule has 0 aliphatic heterocycles. The maximum absolute atomic E-state index is 4.70. The molecular formula is C16H19Cl2NiP+. The van der Waals surface area contributed by atoms with Crippen molar-refractivity contribution in [3.8, 4) is 0 Å². The summed E-state index contributed by atoms with van der Waals surface area (Å²) < 4.78 is 0. The van der Waals surface area contributed by atoms with Gasteiger partial charge in [-0.05, 0) is 30.7 Å². The van der Waals surface area contributed by atoms with Gasteiger partial charge in [-0.25, -0.2) is 0 Å². The quantitative estimate of drug-likeness (QED) is 0.400. The van der Waals surface area contributed by atoms with Crippen molar-refractivity contribution in [1.82, 2.24) is 0 Å². The molecule has 2 aromatic carbocycles. The molecule has 0 amide bonds. The van der Waals surface area contributed by atoms with Crippen molar-refractivity contribution >= 4 is 38.9 Å². The summed E-state index contributed by atoms with van der Waals surface area (Å²) in [5, 5.41) is 3.02. The van der Waals surface area contributed by atoms with Crippen molar-refractivity contribution in [2.75, 3.05) is 6.16 Å². The predicted molar refractivity (Wildman–Crippen MR) is 91.6 cm³/mol. The van der Waals surface area contributed by atoms with E-state index in [1.54, 1.807) is 0 Å². The van der Waals surface area contributed by atoms with Crippen LogP contribution in [0.5, 0.6) is 0 Å². The number of unbranched alkanes of at least 4 members (excludes halogenated alkanes) is 1. The number of hydrogen-bond acceptors (Lipinski definition) is 0. The summed E-state index contributed by atoms with van der Waals surface area (Å²) >= 11 is 0.569. The van der Waals surface area contributed by atoms with Crippen molar-refractivity contribution in [2.45, 2.75) is 12.8 Å². The van der Waals surface area contributed by atoms with Crippen LogP contribution < -0.4 is 10.6 Å². The van der Waals surface area contributed by atoms with E-state index in [4.69, 9.17) is 20.4 Å². The number of hydrogen-bond donors (Lipinski definition) is 0. The standard InChI is InChI=1S/C16H18P.2ClH.Ni/c1-2-3-14-17(15-10-6-4-7-11-15)16-12-8-5-9-13-16;;;/h4-13H,1-3,14H2;2*1H;/q-1;;;+3/p-1. The second-order valence-electron chi connectivity index (χ2n) is 4.21. The van der Waals surface area contributed by atoms with Gasteiger partial charge in [-0.1, -0.05) is 36.4 Å². The molecule has 0 radical (unpaired) electrons. The normalized spacial score (nSPS) is 10.2. The molecule has 4 heteroatoms. The van der Waals surface area contributed by atoms with Gasteiger partial charge in [0.25, 0.3) is 0 Å². The minimum atomic E-state index is -0.602. The average molecular weight is 372 g/mol. The number of rotatable bonds is 5. The van der Waals surface area contributed by atoms with Crippen LogP contribution in [0.4, 0.5) is 0 Å². The summed E-state index contributed by atoms with van der Waals surface area (Å²) in [4.78, 5) is 0. The van der Waals surface area contributed by atoms with E-state index in [0.717, 1.165) is 6.42 Å². The Morgan fingerprint density at radius 2 is 1.25 bits per heavy atom. The number of benzene rings is 2. The Morgan fingerprint density at radius 1 is 0.850 bits per heavy atom. The molecule has 0 saturated carbocycles. The van der Waals surface area contributed by atoms with E-state index in [1.165, 1.54) is 23.2 Å². The third-order valence-corrected chi connectivity index (χ3v) is 5.84. The number of halogens is 2. The van der Waals surface area contributed by atoms with Gasteiger partial charge in [0.2, 0.25) is 0 Å². The summed E-state index contributed by atoms with van der Waals surface area (Å²) in [5.74, 6) is 0. The molecule has 0 bridgehead atoms. The van der Waals surface area contributed by atoms with Crippen molar-refractivity contribution in [2.24, 2.45) is 0 Å². The van der Waals surface area contributed by atoms with Crippen molar-refractivity contribution in [3.63, 3.8) is 0 Å². The molecule has 2 aromatic rings. The van der Waals surface area contributed by atoms with Gasteiger partial charge in [0.1, 0.15) is 0 Å². The van der Waals surface area contributed by atoms with Gasteiger partial charge in [-0.2, -0.15) is 6.42 Å². The molecule has 0 spiro atoms. The molecule has 0 unspecified atom stereocenters. The molecule has 111 valence electrons. The summed E-state index contributed by atoms with van der Waals surface area (Å²) in [6.07, 6.45) is 3.54. The monoisotopic (exact) mass is 370 g/mol. The molecule has 0 N–H and O–H groups in total. The zero-order valence-electron chi connectivity index (χ0n) is 11.2. The first-order chi connectivity index (χ1) is 9.83. The fourth-order valence-electron chi connectivity index (χ4n) is 2.04. The third-order valence-electron chi connectivity index (χ3n) is 2.92. The van der Waals surface area contributed by atoms with Gasteiger partial charge in [-0.3, -0.25) is 0 Å². The Hall–Kier alpha value is -0.0565. The molecule has 0 heterocycles. The predicted octanol–water partition coefficient (Wildman–Crippen LogP) is 4.84. The average Bonchev–Trinajstić information content (AvgIpc) is 2.51. The zero-order valence-corrected chi connectivity index (χ0v) is 14.7. The van der Waals surface area contributed by atoms with E-state index in [-0.39, 0.29) is 0 Å². The van der Waals surface area contributed by atoms with Crippen LogP contribution in [-0.4, -0.2) is 6.16 Å². The van der Waals surface area contributed by atoms with Gasteiger partial charge in [0.15, 0.2) is 0 Å². The van der Waals surface area contributed by atoms with E-state index in [0.29, 0.717) is 12.7 Å². The van der Waals surface area contributed by atoms with Crippen LogP contribution in [0, 0.1) is 6.92 Å². The van der Waals surface area contributed by atoms with Gasteiger partial charge in [-0.15, -0.1) is 0 Å². The third kappa shape index (κ3) is 6.60. The molecular weight excluding hydrogens is 353 g/mol. The van der Waals surface area contributed by atoms with Crippen LogP contribution in [0.25, 0.3) is 0 Å². The molecule has 20 heavy (non-hydrogen) atoms. The fraction of sp³-hybridized carbons (Fsp3) is 0.188. The summed E-state index contributed by atoms with van der Waals surface area (Å²) in [6.45, 7) is 3.96. The topological polar surface area (TPSA) is 0 Å². The summed E-state index contributed by atoms with van der Waals surface area (Å²) in [6, 6.07) is 21.8. The van der Waals surface area contributed by atoms with Crippen LogP contribution in [0.2, 0.25) is 0 Å².